The van der Waals surface area contributed by atoms with Gasteiger partial charge in [0, 0.05) is 32.1 Å². The van der Waals surface area contributed by atoms with Gasteiger partial charge in [0.15, 0.2) is 5.13 Å². The molecule has 1 aliphatic rings. The van der Waals surface area contributed by atoms with Crippen molar-refractivity contribution in [3.63, 3.8) is 0 Å². The number of sulfonamides is 1. The molecule has 0 radical (unpaired) electrons. The Bertz CT molecular complexity index is 1220. The maximum absolute atomic E-state index is 13.7. The first kappa shape index (κ1) is 25.1. The molecule has 1 fully saturated rings. The van der Waals surface area contributed by atoms with E-state index in [0.29, 0.717) is 55.0 Å². The fourth-order valence-corrected chi connectivity index (χ4v) is 7.63. The highest BCUT2D eigenvalue weighted by Crippen LogP contribution is 2.36. The Balaban J connectivity index is 1.53. The van der Waals surface area contributed by atoms with E-state index in [0.717, 1.165) is 16.0 Å². The van der Waals surface area contributed by atoms with Crippen LogP contribution in [0.3, 0.4) is 0 Å². The maximum Gasteiger partial charge on any atom is 0.252 e. The van der Waals surface area contributed by atoms with E-state index in [9.17, 15) is 13.2 Å². The van der Waals surface area contributed by atoms with Crippen LogP contribution in [0.15, 0.2) is 39.9 Å². The van der Waals surface area contributed by atoms with Crippen LogP contribution in [-0.4, -0.2) is 75.4 Å². The van der Waals surface area contributed by atoms with Crippen LogP contribution in [0.4, 0.5) is 5.13 Å². The molecule has 0 aliphatic carbocycles. The number of carbonyl (C=O) groups is 1. The highest BCUT2D eigenvalue weighted by atomic mass is 32.2. The van der Waals surface area contributed by atoms with E-state index in [-0.39, 0.29) is 11.8 Å². The molecule has 0 bridgehead atoms. The lowest BCUT2D eigenvalue weighted by atomic mass is 9.96. The molecule has 3 heterocycles. The van der Waals surface area contributed by atoms with E-state index in [1.165, 1.54) is 27.0 Å². The number of benzene rings is 1. The van der Waals surface area contributed by atoms with Crippen LogP contribution >= 0.6 is 22.7 Å². The number of piperidine rings is 1. The predicted octanol–water partition coefficient (Wildman–Crippen LogP) is 3.75. The molecule has 2 aromatic heterocycles. The van der Waals surface area contributed by atoms with Crippen molar-refractivity contribution in [3.8, 4) is 5.75 Å². The molecule has 4 rings (SSSR count). The third-order valence-electron chi connectivity index (χ3n) is 5.83. The summed E-state index contributed by atoms with van der Waals surface area (Å²) in [5, 5.41) is 2.42. The van der Waals surface area contributed by atoms with Gasteiger partial charge < -0.3 is 9.64 Å². The van der Waals surface area contributed by atoms with Gasteiger partial charge in [0.25, 0.3) is 10.0 Å². The van der Waals surface area contributed by atoms with Crippen LogP contribution in [-0.2, 0) is 14.8 Å². The van der Waals surface area contributed by atoms with Crippen molar-refractivity contribution >= 4 is 54.0 Å². The van der Waals surface area contributed by atoms with E-state index in [2.05, 4.69) is 0 Å². The van der Waals surface area contributed by atoms with Gasteiger partial charge in [-0.15, -0.1) is 11.3 Å². The second kappa shape index (κ2) is 10.7. The molecule has 0 atom stereocenters. The number of hydrogen-bond acceptors (Lipinski definition) is 8. The minimum absolute atomic E-state index is 0.00652. The number of likely N-dealkylation sites (N-methyl/N-ethyl adjacent to an activating group) is 1. The van der Waals surface area contributed by atoms with Gasteiger partial charge in [-0.25, -0.2) is 13.4 Å². The van der Waals surface area contributed by atoms with Crippen molar-refractivity contribution in [2.75, 3.05) is 51.8 Å². The Labute approximate surface area is 208 Å². The molecule has 8 nitrogen and oxygen atoms in total. The largest absolute Gasteiger partial charge is 0.492 e. The number of thiazole rings is 1. The molecule has 34 heavy (non-hydrogen) atoms. The molecule has 1 aromatic carbocycles. The lowest BCUT2D eigenvalue weighted by Crippen LogP contribution is -2.45. The molecule has 1 saturated heterocycles. The SMILES string of the molecule is CCOc1cccc2sc(N(CCN(C)C)C(=O)C3CCN(S(=O)(=O)c4cccs4)CC3)nc12. The van der Waals surface area contributed by atoms with Gasteiger partial charge >= 0.3 is 0 Å². The number of fused-ring (bicyclic) bond motifs is 1. The van der Waals surface area contributed by atoms with Crippen molar-refractivity contribution in [2.45, 2.75) is 24.0 Å². The molecule has 0 spiro atoms. The summed E-state index contributed by atoms with van der Waals surface area (Å²) in [5.41, 5.74) is 0.767. The Morgan fingerprint density at radius 2 is 1.94 bits per heavy atom. The minimum Gasteiger partial charge on any atom is -0.492 e. The van der Waals surface area contributed by atoms with E-state index >= 15 is 0 Å². The molecule has 3 aromatic rings. The van der Waals surface area contributed by atoms with Crippen LogP contribution < -0.4 is 9.64 Å². The maximum atomic E-state index is 13.7. The standard InChI is InChI=1S/C23H30N4O4S3/c1-4-31-18-7-5-8-19-21(18)24-23(33-19)27(15-14-25(2)3)22(28)17-10-12-26(13-11-17)34(29,30)20-9-6-16-32-20/h5-9,16-17H,4,10-15H2,1-3H3. The monoisotopic (exact) mass is 522 g/mol. The number of hydrogen-bond donors (Lipinski definition) is 0. The van der Waals surface area contributed by atoms with Gasteiger partial charge in [-0.05, 0) is 57.4 Å². The Kier molecular flexibility index (Phi) is 7.88. The molecular weight excluding hydrogens is 492 g/mol. The van der Waals surface area contributed by atoms with Crippen LogP contribution in [0.25, 0.3) is 10.2 Å². The molecule has 0 N–H and O–H groups in total. The number of anilines is 1. The van der Waals surface area contributed by atoms with Crippen LogP contribution in [0.2, 0.25) is 0 Å². The predicted molar refractivity (Wildman–Crippen MR) is 137 cm³/mol. The van der Waals surface area contributed by atoms with Crippen molar-refractivity contribution in [1.82, 2.24) is 14.2 Å². The molecule has 0 unspecified atom stereocenters. The quantitative estimate of drug-likeness (QED) is 0.426. The highest BCUT2D eigenvalue weighted by Gasteiger charge is 2.35. The lowest BCUT2D eigenvalue weighted by Gasteiger charge is -2.33. The summed E-state index contributed by atoms with van der Waals surface area (Å²) < 4.78 is 34.3. The molecule has 0 saturated carbocycles. The zero-order chi connectivity index (χ0) is 24.3. The fraction of sp³-hybridized carbons (Fsp3) is 0.478. The van der Waals surface area contributed by atoms with Gasteiger partial charge in [-0.3, -0.25) is 9.69 Å². The summed E-state index contributed by atoms with van der Waals surface area (Å²) in [7, 11) is 0.455. The van der Waals surface area contributed by atoms with Crippen molar-refractivity contribution in [2.24, 2.45) is 5.92 Å². The van der Waals surface area contributed by atoms with Gasteiger partial charge in [0.1, 0.15) is 15.5 Å². The van der Waals surface area contributed by atoms with E-state index < -0.39 is 10.0 Å². The van der Waals surface area contributed by atoms with Crippen LogP contribution in [0.5, 0.6) is 5.75 Å². The van der Waals surface area contributed by atoms with Crippen LogP contribution in [0, 0.1) is 5.92 Å². The Morgan fingerprint density at radius 1 is 1.18 bits per heavy atom. The summed E-state index contributed by atoms with van der Waals surface area (Å²) in [5.74, 6) is 0.483. The van der Waals surface area contributed by atoms with Gasteiger partial charge in [0.2, 0.25) is 5.91 Å². The summed E-state index contributed by atoms with van der Waals surface area (Å²) in [6.45, 7) is 4.38. The molecule has 11 heteroatoms. The minimum atomic E-state index is -3.49. The van der Waals surface area contributed by atoms with Crippen molar-refractivity contribution < 1.29 is 17.9 Å². The van der Waals surface area contributed by atoms with Gasteiger partial charge in [-0.1, -0.05) is 23.5 Å². The van der Waals surface area contributed by atoms with Gasteiger partial charge in [0.05, 0.1) is 11.3 Å². The van der Waals surface area contributed by atoms with E-state index in [4.69, 9.17) is 9.72 Å². The molecule has 1 amide bonds. The third-order valence-corrected chi connectivity index (χ3v) is 10.1. The summed E-state index contributed by atoms with van der Waals surface area (Å²) >= 11 is 2.70. The first-order valence-corrected chi connectivity index (χ1v) is 14.5. The summed E-state index contributed by atoms with van der Waals surface area (Å²) in [6.07, 6.45) is 0.994. The van der Waals surface area contributed by atoms with Crippen LogP contribution in [0.1, 0.15) is 19.8 Å². The molecule has 1 aliphatic heterocycles. The number of thiophene rings is 1. The van der Waals surface area contributed by atoms with Crippen molar-refractivity contribution in [1.29, 1.82) is 0 Å². The summed E-state index contributed by atoms with van der Waals surface area (Å²) in [6, 6.07) is 9.19. The molecule has 184 valence electrons. The zero-order valence-electron chi connectivity index (χ0n) is 19.6. The number of para-hydroxylation sites is 1. The third kappa shape index (κ3) is 5.28. The van der Waals surface area contributed by atoms with Gasteiger partial charge in [-0.2, -0.15) is 4.31 Å². The smallest absolute Gasteiger partial charge is 0.252 e. The van der Waals surface area contributed by atoms with E-state index in [1.54, 1.807) is 22.4 Å². The average molecular weight is 523 g/mol. The Morgan fingerprint density at radius 3 is 2.59 bits per heavy atom. The first-order valence-electron chi connectivity index (χ1n) is 11.3. The molecular formula is C23H30N4O4S3. The highest BCUT2D eigenvalue weighted by molar-refractivity contribution is 7.91. The second-order valence-electron chi connectivity index (χ2n) is 8.44. The second-order valence-corrected chi connectivity index (χ2v) is 12.6. The van der Waals surface area contributed by atoms with Crippen molar-refractivity contribution in [3.05, 3.63) is 35.7 Å². The zero-order valence-corrected chi connectivity index (χ0v) is 22.1. The fourth-order valence-electron chi connectivity index (χ4n) is 4.00. The topological polar surface area (TPSA) is 83.0 Å². The number of nitrogens with zero attached hydrogens (tertiary/aromatic N) is 4. The number of amides is 1. The number of rotatable bonds is 9. The average Bonchev–Trinajstić information content (AvgIpc) is 3.50. The summed E-state index contributed by atoms with van der Waals surface area (Å²) in [4.78, 5) is 22.3. The number of aromatic nitrogens is 1. The first-order chi connectivity index (χ1) is 16.3. The lowest BCUT2D eigenvalue weighted by molar-refractivity contribution is -0.123. The number of ether oxygens (including phenoxy) is 1. The number of carbonyl (C=O) groups excluding carboxylic acids is 1. The normalized spacial score (nSPS) is 15.8. The van der Waals surface area contributed by atoms with E-state index in [1.807, 2.05) is 44.1 Å². The Hall–Kier alpha value is -2.05.